The van der Waals surface area contributed by atoms with Crippen LogP contribution in [0.2, 0.25) is 0 Å². The maximum atomic E-state index is 14.2. The monoisotopic (exact) mass is 794 g/mol. The van der Waals surface area contributed by atoms with Gasteiger partial charge in [-0.25, -0.2) is 13.2 Å². The van der Waals surface area contributed by atoms with Gasteiger partial charge in [-0.1, -0.05) is 92.7 Å². The molecular formula is C40H50N4O11S. The summed E-state index contributed by atoms with van der Waals surface area (Å²) in [4.78, 5) is 79.5. The number of carbonyl (C=O) groups excluding carboxylic acids is 6. The molecule has 3 rings (SSSR count). The van der Waals surface area contributed by atoms with Crippen LogP contribution in [0.3, 0.4) is 0 Å². The highest BCUT2D eigenvalue weighted by Crippen LogP contribution is 2.20. The van der Waals surface area contributed by atoms with Crippen molar-refractivity contribution in [3.63, 3.8) is 0 Å². The summed E-state index contributed by atoms with van der Waals surface area (Å²) in [7, 11) is -3.63. The first kappa shape index (κ1) is 44.6. The molecule has 0 fully saturated rings. The third-order valence-electron chi connectivity index (χ3n) is 8.26. The van der Waals surface area contributed by atoms with Gasteiger partial charge in [0.05, 0.1) is 32.1 Å². The van der Waals surface area contributed by atoms with E-state index in [-0.39, 0.29) is 32.7 Å². The zero-order valence-corrected chi connectivity index (χ0v) is 32.9. The minimum absolute atomic E-state index is 0.0150. The number of amides is 4. The summed E-state index contributed by atoms with van der Waals surface area (Å²) in [6, 6.07) is 16.5. The second-order valence-electron chi connectivity index (χ2n) is 13.2. The van der Waals surface area contributed by atoms with Crippen LogP contribution in [0.5, 0.6) is 0 Å². The summed E-state index contributed by atoms with van der Waals surface area (Å²) in [5.41, 5.74) is 1.36. The SMILES string of the molecule is CCOC(=O)C[C@@H](/C=C/S(C)(=O)=O)NC(=O)[C@H](NC(=O)[C@H](Cc1cccc2ccccc12)NC(=O)[C@H](CC(=O)OCC)NC(=O)OCc1ccccc1)C(C)C. The highest BCUT2D eigenvalue weighted by molar-refractivity contribution is 7.93. The Labute approximate surface area is 326 Å². The van der Waals surface area contributed by atoms with E-state index in [0.29, 0.717) is 11.1 Å². The molecule has 4 N–H and O–H groups in total. The number of hydrogen-bond acceptors (Lipinski definition) is 11. The molecule has 302 valence electrons. The van der Waals surface area contributed by atoms with Crippen LogP contribution in [0.4, 0.5) is 4.79 Å². The number of hydrogen-bond donors (Lipinski definition) is 4. The molecule has 16 heteroatoms. The predicted octanol–water partition coefficient (Wildman–Crippen LogP) is 3.25. The number of esters is 2. The summed E-state index contributed by atoms with van der Waals surface area (Å²) in [6.07, 6.45) is 0.0732. The zero-order chi connectivity index (χ0) is 41.3. The number of rotatable bonds is 20. The smallest absolute Gasteiger partial charge is 0.408 e. The number of alkyl carbamates (subject to hydrolysis) is 1. The molecule has 0 heterocycles. The van der Waals surface area contributed by atoms with Crippen molar-refractivity contribution >= 4 is 56.4 Å². The number of carbonyl (C=O) groups is 6. The lowest BCUT2D eigenvalue weighted by Gasteiger charge is -2.28. The topological polar surface area (TPSA) is 212 Å². The Balaban J connectivity index is 1.93. The van der Waals surface area contributed by atoms with Crippen LogP contribution in [0.1, 0.15) is 51.7 Å². The van der Waals surface area contributed by atoms with Crippen molar-refractivity contribution in [3.05, 3.63) is 95.4 Å². The van der Waals surface area contributed by atoms with Gasteiger partial charge in [0.15, 0.2) is 9.84 Å². The van der Waals surface area contributed by atoms with E-state index in [4.69, 9.17) is 14.2 Å². The first-order valence-electron chi connectivity index (χ1n) is 18.1. The van der Waals surface area contributed by atoms with Crippen molar-refractivity contribution in [2.45, 2.75) is 77.7 Å². The fourth-order valence-corrected chi connectivity index (χ4v) is 6.02. The number of ether oxygens (including phenoxy) is 3. The molecule has 0 saturated heterocycles. The van der Waals surface area contributed by atoms with E-state index in [1.807, 2.05) is 30.3 Å². The molecule has 15 nitrogen and oxygen atoms in total. The molecule has 0 aromatic heterocycles. The Hall–Kier alpha value is -5.77. The Kier molecular flexibility index (Phi) is 17.5. The molecular weight excluding hydrogens is 745 g/mol. The van der Waals surface area contributed by atoms with Gasteiger partial charge >= 0.3 is 18.0 Å². The molecule has 0 aliphatic rings. The van der Waals surface area contributed by atoms with E-state index in [1.54, 1.807) is 70.2 Å². The van der Waals surface area contributed by atoms with E-state index >= 15 is 0 Å². The minimum Gasteiger partial charge on any atom is -0.466 e. The van der Waals surface area contributed by atoms with Crippen molar-refractivity contribution < 1.29 is 51.4 Å². The Morgan fingerprint density at radius 3 is 1.93 bits per heavy atom. The summed E-state index contributed by atoms with van der Waals surface area (Å²) in [6.45, 7) is 6.47. The van der Waals surface area contributed by atoms with E-state index in [9.17, 15) is 37.2 Å². The van der Waals surface area contributed by atoms with E-state index in [1.165, 1.54) is 0 Å². The summed E-state index contributed by atoms with van der Waals surface area (Å²) >= 11 is 0. The number of fused-ring (bicyclic) bond motifs is 1. The van der Waals surface area contributed by atoms with E-state index < -0.39 is 82.1 Å². The molecule has 4 atom stereocenters. The zero-order valence-electron chi connectivity index (χ0n) is 32.1. The Bertz CT molecular complexity index is 1960. The molecule has 0 spiro atoms. The van der Waals surface area contributed by atoms with Crippen LogP contribution in [-0.2, 0) is 61.0 Å². The summed E-state index contributed by atoms with van der Waals surface area (Å²) in [5.74, 6) is -4.43. The maximum absolute atomic E-state index is 14.2. The lowest BCUT2D eigenvalue weighted by atomic mass is 9.97. The van der Waals surface area contributed by atoms with E-state index in [2.05, 4.69) is 21.3 Å². The lowest BCUT2D eigenvalue weighted by Crippen LogP contribution is -2.59. The van der Waals surface area contributed by atoms with Crippen LogP contribution >= 0.6 is 0 Å². The molecule has 56 heavy (non-hydrogen) atoms. The summed E-state index contributed by atoms with van der Waals surface area (Å²) in [5, 5.41) is 12.9. The first-order valence-corrected chi connectivity index (χ1v) is 20.1. The standard InChI is InChI=1S/C40H50N4O11S/c1-6-53-34(45)23-30(20-21-56(5,51)52)41-39(49)36(26(3)4)44-38(48)32(22-29-18-13-17-28-16-11-12-19-31(28)29)42-37(47)33(24-35(46)54-7-2)43-40(50)55-25-27-14-9-8-10-15-27/h8-21,26,30,32-33,36H,6-7,22-25H2,1-5H3,(H,41,49)(H,42,47)(H,43,50)(H,44,48)/b21-20+/t30-,32+,33+,36-/m1/s1. The first-order chi connectivity index (χ1) is 26.6. The van der Waals surface area contributed by atoms with Gasteiger partial charge in [0.2, 0.25) is 17.7 Å². The van der Waals surface area contributed by atoms with Crippen LogP contribution < -0.4 is 21.3 Å². The van der Waals surface area contributed by atoms with Crippen LogP contribution in [-0.4, -0.2) is 87.8 Å². The second-order valence-corrected chi connectivity index (χ2v) is 15.1. The molecule has 4 amide bonds. The molecule has 3 aromatic carbocycles. The van der Waals surface area contributed by atoms with Gasteiger partial charge < -0.3 is 35.5 Å². The third-order valence-corrected chi connectivity index (χ3v) is 8.91. The fourth-order valence-electron chi connectivity index (χ4n) is 5.54. The number of nitrogens with one attached hydrogen (secondary N) is 4. The Morgan fingerprint density at radius 1 is 0.679 bits per heavy atom. The van der Waals surface area contributed by atoms with Crippen molar-refractivity contribution in [3.8, 4) is 0 Å². The fraction of sp³-hybridized carbons (Fsp3) is 0.400. The van der Waals surface area contributed by atoms with Crippen molar-refractivity contribution in [2.75, 3.05) is 19.5 Å². The van der Waals surface area contributed by atoms with E-state index in [0.717, 1.165) is 28.5 Å². The van der Waals surface area contributed by atoms with Crippen LogP contribution in [0.25, 0.3) is 10.8 Å². The molecule has 0 aliphatic carbocycles. The van der Waals surface area contributed by atoms with Gasteiger partial charge in [0.25, 0.3) is 0 Å². The predicted molar refractivity (Wildman–Crippen MR) is 208 cm³/mol. The number of benzene rings is 3. The van der Waals surface area contributed by atoms with Gasteiger partial charge in [0.1, 0.15) is 24.7 Å². The third kappa shape index (κ3) is 15.2. The van der Waals surface area contributed by atoms with Crippen molar-refractivity contribution in [1.29, 1.82) is 0 Å². The molecule has 0 bridgehead atoms. The quantitative estimate of drug-likeness (QED) is 0.0963. The average molecular weight is 795 g/mol. The maximum Gasteiger partial charge on any atom is 0.408 e. The highest BCUT2D eigenvalue weighted by Gasteiger charge is 2.33. The van der Waals surface area contributed by atoms with Gasteiger partial charge in [-0.2, -0.15) is 0 Å². The normalized spacial score (nSPS) is 13.5. The second kappa shape index (κ2) is 21.9. The lowest BCUT2D eigenvalue weighted by molar-refractivity contribution is -0.145. The Morgan fingerprint density at radius 2 is 1.29 bits per heavy atom. The summed E-state index contributed by atoms with van der Waals surface area (Å²) < 4.78 is 39.0. The molecule has 0 radical (unpaired) electrons. The van der Waals surface area contributed by atoms with Gasteiger partial charge in [-0.3, -0.25) is 24.0 Å². The van der Waals surface area contributed by atoms with Crippen molar-refractivity contribution in [1.82, 2.24) is 21.3 Å². The van der Waals surface area contributed by atoms with Gasteiger partial charge in [0, 0.05) is 18.1 Å². The van der Waals surface area contributed by atoms with Crippen LogP contribution in [0, 0.1) is 5.92 Å². The molecule has 0 unspecified atom stereocenters. The van der Waals surface area contributed by atoms with Crippen molar-refractivity contribution in [2.24, 2.45) is 5.92 Å². The van der Waals surface area contributed by atoms with Crippen LogP contribution in [0.15, 0.2) is 84.3 Å². The minimum atomic E-state index is -3.63. The number of sulfone groups is 1. The molecule has 3 aromatic rings. The molecule has 0 aliphatic heterocycles. The van der Waals surface area contributed by atoms with Gasteiger partial charge in [-0.05, 0) is 41.7 Å². The molecule has 0 saturated carbocycles. The largest absolute Gasteiger partial charge is 0.466 e. The average Bonchev–Trinajstić information content (AvgIpc) is 3.14. The highest BCUT2D eigenvalue weighted by atomic mass is 32.2. The van der Waals surface area contributed by atoms with Gasteiger partial charge in [-0.15, -0.1) is 0 Å².